The lowest BCUT2D eigenvalue weighted by Gasteiger charge is -2.24. The summed E-state index contributed by atoms with van der Waals surface area (Å²) in [6.07, 6.45) is 1.16. The van der Waals surface area contributed by atoms with Crippen LogP contribution in [0.2, 0.25) is 0 Å². The summed E-state index contributed by atoms with van der Waals surface area (Å²) in [6, 6.07) is 7.48. The molecule has 0 saturated carbocycles. The van der Waals surface area contributed by atoms with Crippen LogP contribution in [0.3, 0.4) is 0 Å². The molecule has 1 aromatic carbocycles. The Hall–Kier alpha value is -2.57. The van der Waals surface area contributed by atoms with E-state index in [2.05, 4.69) is 5.32 Å². The highest BCUT2D eigenvalue weighted by Gasteiger charge is 2.32. The quantitative estimate of drug-likeness (QED) is 0.763. The maximum Gasteiger partial charge on any atom is 0.329 e. The van der Waals surface area contributed by atoms with Crippen LogP contribution in [0, 0.1) is 0 Å². The topological polar surface area (TPSA) is 93.3 Å². The van der Waals surface area contributed by atoms with Crippen molar-refractivity contribution in [3.8, 4) is 0 Å². The van der Waals surface area contributed by atoms with E-state index in [1.807, 2.05) is 31.2 Å². The van der Waals surface area contributed by atoms with Gasteiger partial charge in [-0.2, -0.15) is 0 Å². The van der Waals surface area contributed by atoms with E-state index < -0.39 is 11.5 Å². The van der Waals surface area contributed by atoms with Gasteiger partial charge >= 0.3 is 11.7 Å². The lowest BCUT2D eigenvalue weighted by Crippen LogP contribution is -2.51. The molecule has 7 heteroatoms. The summed E-state index contributed by atoms with van der Waals surface area (Å²) in [6.45, 7) is 6.01. The third-order valence-corrected chi connectivity index (χ3v) is 4.53. The summed E-state index contributed by atoms with van der Waals surface area (Å²) in [5.41, 5.74) is 0.189. The highest BCUT2D eigenvalue weighted by Crippen LogP contribution is 2.14. The third kappa shape index (κ3) is 3.75. The highest BCUT2D eigenvalue weighted by molar-refractivity contribution is 5.86. The zero-order valence-electron chi connectivity index (χ0n) is 14.9. The maximum absolute atomic E-state index is 12.6. The van der Waals surface area contributed by atoms with Crippen molar-refractivity contribution in [2.45, 2.75) is 58.7 Å². The summed E-state index contributed by atoms with van der Waals surface area (Å²) >= 11 is 0. The standard InChI is InChI=1S/C18H25N3O4/c1-4-11-20-13-8-6-7-9-14(13)21(17(20)25)12-10-15(22)19-18(3,5-2)16(23)24/h6-9H,4-5,10-12H2,1-3H3,(H,19,22)(H,23,24). The van der Waals surface area contributed by atoms with Crippen LogP contribution in [0.25, 0.3) is 11.0 Å². The summed E-state index contributed by atoms with van der Waals surface area (Å²) in [5, 5.41) is 11.8. The number of rotatable bonds is 8. The fourth-order valence-corrected chi connectivity index (χ4v) is 2.80. The monoisotopic (exact) mass is 347 g/mol. The van der Waals surface area contributed by atoms with Gasteiger partial charge in [-0.3, -0.25) is 13.9 Å². The number of aliphatic carboxylic acids is 1. The minimum Gasteiger partial charge on any atom is -0.480 e. The van der Waals surface area contributed by atoms with Gasteiger partial charge < -0.3 is 10.4 Å². The number of aromatic nitrogens is 2. The summed E-state index contributed by atoms with van der Waals surface area (Å²) in [7, 11) is 0. The van der Waals surface area contributed by atoms with Crippen LogP contribution in [0.1, 0.15) is 40.0 Å². The first-order valence-corrected chi connectivity index (χ1v) is 8.56. The van der Waals surface area contributed by atoms with Crippen LogP contribution in [0.15, 0.2) is 29.1 Å². The van der Waals surface area contributed by atoms with Gasteiger partial charge in [0.25, 0.3) is 0 Å². The van der Waals surface area contributed by atoms with Crippen molar-refractivity contribution in [3.05, 3.63) is 34.7 Å². The third-order valence-electron chi connectivity index (χ3n) is 4.53. The molecule has 0 aliphatic rings. The molecule has 136 valence electrons. The number of benzene rings is 1. The second-order valence-corrected chi connectivity index (χ2v) is 6.36. The minimum atomic E-state index is -1.29. The van der Waals surface area contributed by atoms with Crippen molar-refractivity contribution in [2.24, 2.45) is 0 Å². The summed E-state index contributed by atoms with van der Waals surface area (Å²) < 4.78 is 3.29. The number of hydrogen-bond acceptors (Lipinski definition) is 3. The number of hydrogen-bond donors (Lipinski definition) is 2. The number of carboxylic acid groups (broad SMARTS) is 1. The van der Waals surface area contributed by atoms with Gasteiger partial charge in [-0.1, -0.05) is 26.0 Å². The molecule has 0 fully saturated rings. The average molecular weight is 347 g/mol. The number of nitrogens with zero attached hydrogens (tertiary/aromatic N) is 2. The van der Waals surface area contributed by atoms with E-state index in [0.717, 1.165) is 17.5 Å². The molecule has 0 radical (unpaired) electrons. The van der Waals surface area contributed by atoms with E-state index in [4.69, 9.17) is 0 Å². The molecular weight excluding hydrogens is 322 g/mol. The Labute approximate surface area is 146 Å². The van der Waals surface area contributed by atoms with E-state index >= 15 is 0 Å². The Balaban J connectivity index is 2.21. The largest absolute Gasteiger partial charge is 0.480 e. The molecule has 1 amide bonds. The molecule has 0 aliphatic heterocycles. The second-order valence-electron chi connectivity index (χ2n) is 6.36. The molecule has 1 heterocycles. The number of carbonyl (C=O) groups excluding carboxylic acids is 1. The zero-order valence-corrected chi connectivity index (χ0v) is 14.9. The van der Waals surface area contributed by atoms with Crippen LogP contribution in [0.4, 0.5) is 0 Å². The number of imidazole rings is 1. The van der Waals surface area contributed by atoms with E-state index in [1.165, 1.54) is 6.92 Å². The average Bonchev–Trinajstić information content (AvgIpc) is 2.85. The smallest absolute Gasteiger partial charge is 0.329 e. The normalized spacial score (nSPS) is 13.6. The van der Waals surface area contributed by atoms with Gasteiger partial charge in [0.05, 0.1) is 11.0 Å². The van der Waals surface area contributed by atoms with Gasteiger partial charge in [0, 0.05) is 19.5 Å². The molecule has 0 spiro atoms. The molecule has 1 unspecified atom stereocenters. The lowest BCUT2D eigenvalue weighted by atomic mass is 9.99. The van der Waals surface area contributed by atoms with Gasteiger partial charge in [-0.05, 0) is 31.9 Å². The fourth-order valence-electron chi connectivity index (χ4n) is 2.80. The number of para-hydroxylation sites is 2. The molecule has 0 bridgehead atoms. The zero-order chi connectivity index (χ0) is 18.6. The number of aryl methyl sites for hydroxylation is 2. The predicted octanol–water partition coefficient (Wildman–Crippen LogP) is 1.97. The molecule has 2 aromatic rings. The fraction of sp³-hybridized carbons (Fsp3) is 0.500. The number of amides is 1. The Morgan fingerprint density at radius 1 is 1.12 bits per heavy atom. The predicted molar refractivity (Wildman–Crippen MR) is 95.6 cm³/mol. The van der Waals surface area contributed by atoms with E-state index in [0.29, 0.717) is 6.54 Å². The Kier molecular flexibility index (Phi) is 5.66. The van der Waals surface area contributed by atoms with Crippen LogP contribution in [-0.2, 0) is 22.7 Å². The summed E-state index contributed by atoms with van der Waals surface area (Å²) in [4.78, 5) is 36.1. The van der Waals surface area contributed by atoms with Gasteiger partial charge in [-0.25, -0.2) is 9.59 Å². The Morgan fingerprint density at radius 2 is 1.68 bits per heavy atom. The first-order valence-electron chi connectivity index (χ1n) is 8.56. The molecule has 0 aliphatic carbocycles. The van der Waals surface area contributed by atoms with Crippen LogP contribution < -0.4 is 11.0 Å². The van der Waals surface area contributed by atoms with E-state index in [1.54, 1.807) is 16.1 Å². The second kappa shape index (κ2) is 7.55. The first-order chi connectivity index (χ1) is 11.8. The lowest BCUT2D eigenvalue weighted by molar-refractivity contribution is -0.147. The SMILES string of the molecule is CCCn1c(=O)n(CCC(=O)NC(C)(CC)C(=O)O)c2ccccc21. The number of carbonyl (C=O) groups is 2. The molecule has 2 N–H and O–H groups in total. The van der Waals surface area contributed by atoms with Crippen LogP contribution in [-0.4, -0.2) is 31.7 Å². The minimum absolute atomic E-state index is 0.0446. The van der Waals surface area contributed by atoms with Gasteiger partial charge in [0.2, 0.25) is 5.91 Å². The van der Waals surface area contributed by atoms with Crippen molar-refractivity contribution in [2.75, 3.05) is 0 Å². The Bertz CT molecular complexity index is 836. The molecule has 0 saturated heterocycles. The number of carboxylic acids is 1. The summed E-state index contributed by atoms with van der Waals surface area (Å²) in [5.74, 6) is -1.45. The molecule has 1 aromatic heterocycles. The maximum atomic E-state index is 12.6. The number of fused-ring (bicyclic) bond motifs is 1. The highest BCUT2D eigenvalue weighted by atomic mass is 16.4. The van der Waals surface area contributed by atoms with Crippen molar-refractivity contribution in [3.63, 3.8) is 0 Å². The molecule has 25 heavy (non-hydrogen) atoms. The van der Waals surface area contributed by atoms with Gasteiger partial charge in [0.1, 0.15) is 5.54 Å². The van der Waals surface area contributed by atoms with E-state index in [9.17, 15) is 19.5 Å². The van der Waals surface area contributed by atoms with Crippen LogP contribution >= 0.6 is 0 Å². The van der Waals surface area contributed by atoms with E-state index in [-0.39, 0.29) is 31.0 Å². The van der Waals surface area contributed by atoms with Gasteiger partial charge in [0.15, 0.2) is 0 Å². The van der Waals surface area contributed by atoms with Gasteiger partial charge in [-0.15, -0.1) is 0 Å². The molecule has 7 nitrogen and oxygen atoms in total. The molecule has 1 atom stereocenters. The Morgan fingerprint density at radius 3 is 2.16 bits per heavy atom. The van der Waals surface area contributed by atoms with Crippen molar-refractivity contribution >= 4 is 22.9 Å². The van der Waals surface area contributed by atoms with Crippen molar-refractivity contribution in [1.29, 1.82) is 0 Å². The van der Waals surface area contributed by atoms with Crippen molar-refractivity contribution < 1.29 is 14.7 Å². The molecular formula is C18H25N3O4. The van der Waals surface area contributed by atoms with Crippen LogP contribution in [0.5, 0.6) is 0 Å². The number of nitrogens with one attached hydrogen (secondary N) is 1. The van der Waals surface area contributed by atoms with Crippen molar-refractivity contribution in [1.82, 2.24) is 14.5 Å². The molecule has 2 rings (SSSR count). The first kappa shape index (κ1) is 18.8.